The Morgan fingerprint density at radius 3 is 2.57 bits per heavy atom. The van der Waals surface area contributed by atoms with E-state index in [1.54, 1.807) is 0 Å². The van der Waals surface area contributed by atoms with E-state index in [1.807, 2.05) is 44.2 Å². The molecule has 2 aliphatic heterocycles. The van der Waals surface area contributed by atoms with E-state index in [4.69, 9.17) is 9.47 Å². The maximum Gasteiger partial charge on any atom is 0.408 e. The quantitative estimate of drug-likeness (QED) is 0.890. The Hall–Kier alpha value is -1.59. The largest absolute Gasteiger partial charge is 0.445 e. The van der Waals surface area contributed by atoms with Gasteiger partial charge in [0.15, 0.2) is 0 Å². The van der Waals surface area contributed by atoms with Crippen LogP contribution < -0.4 is 5.32 Å². The summed E-state index contributed by atoms with van der Waals surface area (Å²) in [6, 6.07) is 9.56. The van der Waals surface area contributed by atoms with E-state index in [2.05, 4.69) is 5.32 Å². The predicted molar refractivity (Wildman–Crippen MR) is 76.7 cm³/mol. The van der Waals surface area contributed by atoms with Gasteiger partial charge in [-0.3, -0.25) is 0 Å². The molecule has 3 aliphatic rings. The summed E-state index contributed by atoms with van der Waals surface area (Å²) in [4.78, 5) is 12.0. The maximum atomic E-state index is 12.0. The average Bonchev–Trinajstić information content (AvgIpc) is 2.77. The molecule has 0 atom stereocenters. The highest BCUT2D eigenvalue weighted by molar-refractivity contribution is 5.69. The van der Waals surface area contributed by atoms with Crippen LogP contribution in [0.15, 0.2) is 30.3 Å². The first-order valence-corrected chi connectivity index (χ1v) is 7.20. The van der Waals surface area contributed by atoms with Crippen molar-refractivity contribution in [3.05, 3.63) is 35.9 Å². The van der Waals surface area contributed by atoms with Gasteiger partial charge in [0, 0.05) is 12.8 Å². The van der Waals surface area contributed by atoms with Crippen LogP contribution in [0.4, 0.5) is 4.79 Å². The normalized spacial score (nSPS) is 32.3. The number of rotatable bonds is 4. The van der Waals surface area contributed by atoms with Gasteiger partial charge in [0.2, 0.25) is 0 Å². The molecule has 1 aromatic rings. The van der Waals surface area contributed by atoms with Crippen LogP contribution in [0.5, 0.6) is 0 Å². The molecule has 0 aromatic heterocycles. The summed E-state index contributed by atoms with van der Waals surface area (Å²) in [7, 11) is 0. The summed E-state index contributed by atoms with van der Waals surface area (Å²) in [5.74, 6) is 0. The van der Waals surface area contributed by atoms with Crippen LogP contribution >= 0.6 is 0 Å². The van der Waals surface area contributed by atoms with Gasteiger partial charge < -0.3 is 19.9 Å². The summed E-state index contributed by atoms with van der Waals surface area (Å²) < 4.78 is 11.2. The third-order valence-corrected chi connectivity index (χ3v) is 4.71. The molecule has 2 saturated heterocycles. The lowest BCUT2D eigenvalue weighted by atomic mass is 9.63. The Morgan fingerprint density at radius 1 is 1.33 bits per heavy atom. The molecule has 2 bridgehead atoms. The van der Waals surface area contributed by atoms with Gasteiger partial charge in [-0.15, -0.1) is 0 Å². The number of hydrogen-bond donors (Lipinski definition) is 2. The van der Waals surface area contributed by atoms with Gasteiger partial charge >= 0.3 is 6.09 Å². The third kappa shape index (κ3) is 2.30. The first-order valence-electron chi connectivity index (χ1n) is 7.20. The first-order chi connectivity index (χ1) is 9.90. The number of carbonyl (C=O) groups excluding carboxylic acids is 1. The fraction of sp³-hybridized carbons (Fsp3) is 0.562. The number of fused-ring (bicyclic) bond motifs is 1. The van der Waals surface area contributed by atoms with Crippen molar-refractivity contribution >= 4 is 6.09 Å². The van der Waals surface area contributed by atoms with Gasteiger partial charge in [0.1, 0.15) is 6.61 Å². The second-order valence-electron chi connectivity index (χ2n) is 6.58. The number of carbonyl (C=O) groups is 1. The van der Waals surface area contributed by atoms with E-state index in [9.17, 15) is 9.90 Å². The van der Waals surface area contributed by atoms with Crippen LogP contribution in [0.25, 0.3) is 0 Å². The second-order valence-corrected chi connectivity index (χ2v) is 6.58. The summed E-state index contributed by atoms with van der Waals surface area (Å²) >= 11 is 0. The first kappa shape index (κ1) is 14.4. The van der Waals surface area contributed by atoms with Gasteiger partial charge in [-0.25, -0.2) is 4.79 Å². The Kier molecular flexibility index (Phi) is 3.22. The molecule has 21 heavy (non-hydrogen) atoms. The van der Waals surface area contributed by atoms with Gasteiger partial charge in [-0.2, -0.15) is 0 Å². The predicted octanol–water partition coefficient (Wildman–Crippen LogP) is 1.99. The molecule has 2 N–H and O–H groups in total. The number of amides is 1. The van der Waals surface area contributed by atoms with E-state index in [-0.39, 0.29) is 13.2 Å². The van der Waals surface area contributed by atoms with Crippen LogP contribution in [0.1, 0.15) is 32.3 Å². The lowest BCUT2D eigenvalue weighted by Gasteiger charge is -2.46. The van der Waals surface area contributed by atoms with Crippen molar-refractivity contribution in [1.82, 2.24) is 5.32 Å². The molecular formula is C16H21NO4. The molecule has 1 saturated carbocycles. The Labute approximate surface area is 124 Å². The molecule has 5 nitrogen and oxygen atoms in total. The Bertz CT molecular complexity index is 534. The molecule has 1 amide bonds. The highest BCUT2D eigenvalue weighted by Crippen LogP contribution is 2.60. The van der Waals surface area contributed by atoms with Crippen molar-refractivity contribution in [2.24, 2.45) is 0 Å². The maximum absolute atomic E-state index is 12.0. The summed E-state index contributed by atoms with van der Waals surface area (Å²) in [5.41, 5.74) is -0.480. The number of hydrogen-bond acceptors (Lipinski definition) is 4. The van der Waals surface area contributed by atoms with Crippen molar-refractivity contribution in [2.75, 3.05) is 6.61 Å². The number of benzene rings is 1. The smallest absolute Gasteiger partial charge is 0.408 e. The molecule has 4 rings (SSSR count). The number of aliphatic hydroxyl groups is 1. The van der Waals surface area contributed by atoms with Crippen molar-refractivity contribution in [3.63, 3.8) is 0 Å². The minimum absolute atomic E-state index is 0.0150. The average molecular weight is 291 g/mol. The highest BCUT2D eigenvalue weighted by Gasteiger charge is 2.72. The number of aliphatic hydroxyl groups excluding tert-OH is 1. The Morgan fingerprint density at radius 2 is 2.00 bits per heavy atom. The number of ether oxygens (including phenoxy) is 2. The SMILES string of the molecule is CC1(C)OC2(CO)CC1(NC(=O)OCc1ccccc1)C2. The van der Waals surface area contributed by atoms with Crippen molar-refractivity contribution < 1.29 is 19.4 Å². The molecule has 114 valence electrons. The van der Waals surface area contributed by atoms with Gasteiger partial charge in [0.05, 0.1) is 23.3 Å². The zero-order valence-corrected chi connectivity index (χ0v) is 12.4. The molecular weight excluding hydrogens is 270 g/mol. The molecule has 1 aliphatic carbocycles. The van der Waals surface area contributed by atoms with Crippen LogP contribution in [0.3, 0.4) is 0 Å². The van der Waals surface area contributed by atoms with Gasteiger partial charge in [-0.1, -0.05) is 30.3 Å². The molecule has 1 aromatic carbocycles. The molecule has 3 fully saturated rings. The van der Waals surface area contributed by atoms with E-state index in [1.165, 1.54) is 0 Å². The topological polar surface area (TPSA) is 67.8 Å². The van der Waals surface area contributed by atoms with E-state index in [0.717, 1.165) is 5.56 Å². The molecule has 0 radical (unpaired) electrons. The standard InChI is InChI=1S/C16H21NO4/c1-14(2)16(9-15(10-16,11-18)21-14)17-13(19)20-8-12-6-4-3-5-7-12/h3-7,18H,8-11H2,1-2H3,(H,17,19). The van der Waals surface area contributed by atoms with Gasteiger partial charge in [-0.05, 0) is 19.4 Å². The zero-order valence-electron chi connectivity index (χ0n) is 12.4. The lowest BCUT2D eigenvalue weighted by molar-refractivity contribution is -0.0851. The monoisotopic (exact) mass is 291 g/mol. The highest BCUT2D eigenvalue weighted by atomic mass is 16.6. The summed E-state index contributed by atoms with van der Waals surface area (Å²) in [6.45, 7) is 4.11. The minimum atomic E-state index is -0.499. The fourth-order valence-electron chi connectivity index (χ4n) is 3.52. The van der Waals surface area contributed by atoms with Crippen molar-refractivity contribution in [1.29, 1.82) is 0 Å². The van der Waals surface area contributed by atoms with Crippen molar-refractivity contribution in [3.8, 4) is 0 Å². The van der Waals surface area contributed by atoms with E-state index in [0.29, 0.717) is 12.8 Å². The summed E-state index contributed by atoms with van der Waals surface area (Å²) in [5, 5.41) is 12.4. The van der Waals surface area contributed by atoms with Gasteiger partial charge in [0.25, 0.3) is 0 Å². The summed E-state index contributed by atoms with van der Waals surface area (Å²) in [6.07, 6.45) is 0.817. The third-order valence-electron chi connectivity index (χ3n) is 4.71. The van der Waals surface area contributed by atoms with Crippen molar-refractivity contribution in [2.45, 2.75) is 50.0 Å². The van der Waals surface area contributed by atoms with Crippen LogP contribution in [-0.4, -0.2) is 34.5 Å². The fourth-order valence-corrected chi connectivity index (χ4v) is 3.52. The number of nitrogens with one attached hydrogen (secondary N) is 1. The zero-order chi connectivity index (χ0) is 15.1. The van der Waals surface area contributed by atoms with Crippen LogP contribution in [-0.2, 0) is 16.1 Å². The number of alkyl carbamates (subject to hydrolysis) is 1. The molecule has 2 heterocycles. The Balaban J connectivity index is 1.59. The van der Waals surface area contributed by atoms with Crippen LogP contribution in [0.2, 0.25) is 0 Å². The van der Waals surface area contributed by atoms with Crippen LogP contribution in [0, 0.1) is 0 Å². The van der Waals surface area contributed by atoms with E-state index < -0.39 is 22.8 Å². The molecule has 0 unspecified atom stereocenters. The second kappa shape index (κ2) is 4.71. The van der Waals surface area contributed by atoms with E-state index >= 15 is 0 Å². The minimum Gasteiger partial charge on any atom is -0.445 e. The molecule has 0 spiro atoms. The lowest BCUT2D eigenvalue weighted by Crippen LogP contribution is -2.65. The molecule has 5 heteroatoms.